The minimum atomic E-state index is -1.15. The predicted octanol–water partition coefficient (Wildman–Crippen LogP) is 2.10. The van der Waals surface area contributed by atoms with Crippen molar-refractivity contribution >= 4 is 23.5 Å². The van der Waals surface area contributed by atoms with Gasteiger partial charge in [0.2, 0.25) is 0 Å². The van der Waals surface area contributed by atoms with E-state index in [1.54, 1.807) is 36.4 Å². The van der Waals surface area contributed by atoms with Crippen molar-refractivity contribution in [2.75, 3.05) is 5.32 Å². The van der Waals surface area contributed by atoms with E-state index < -0.39 is 23.9 Å². The Balaban J connectivity index is 1.81. The van der Waals surface area contributed by atoms with Crippen molar-refractivity contribution in [2.24, 2.45) is 0 Å². The van der Waals surface area contributed by atoms with Gasteiger partial charge in [0, 0.05) is 6.42 Å². The first kappa shape index (κ1) is 14.8. The highest BCUT2D eigenvalue weighted by atomic mass is 16.5. The molecule has 0 aliphatic carbocycles. The number of carboxylic acid groups (broad SMARTS) is 1. The number of anilines is 1. The Kier molecular flexibility index (Phi) is 3.80. The first-order valence-electron chi connectivity index (χ1n) is 6.98. The molecule has 0 bridgehead atoms. The number of aromatic carboxylic acids is 1. The van der Waals surface area contributed by atoms with Crippen LogP contribution in [0, 0.1) is 0 Å². The standard InChI is InChI=1S/C17H13NO5/c19-15(18-13-8-4-3-7-12(13)16(20)21)14-9-10-5-1-2-6-11(10)17(22)23-14/h1-8,14H,9H2,(H,18,19)(H,20,21)/t14-/m0/s1. The largest absolute Gasteiger partial charge is 0.478 e. The molecule has 3 rings (SSSR count). The van der Waals surface area contributed by atoms with Crippen LogP contribution < -0.4 is 5.32 Å². The Morgan fingerprint density at radius 1 is 1.09 bits per heavy atom. The zero-order valence-electron chi connectivity index (χ0n) is 12.0. The molecule has 0 spiro atoms. The van der Waals surface area contributed by atoms with Crippen LogP contribution in [0.1, 0.15) is 26.3 Å². The normalized spacial score (nSPS) is 16.2. The molecule has 1 aliphatic heterocycles. The summed E-state index contributed by atoms with van der Waals surface area (Å²) in [6.07, 6.45) is -0.734. The molecule has 1 heterocycles. The molecule has 1 aliphatic rings. The van der Waals surface area contributed by atoms with E-state index >= 15 is 0 Å². The summed E-state index contributed by atoms with van der Waals surface area (Å²) in [7, 11) is 0. The topological polar surface area (TPSA) is 92.7 Å². The second-order valence-corrected chi connectivity index (χ2v) is 5.10. The van der Waals surface area contributed by atoms with Gasteiger partial charge < -0.3 is 15.2 Å². The molecule has 0 unspecified atom stereocenters. The van der Waals surface area contributed by atoms with Gasteiger partial charge >= 0.3 is 11.9 Å². The van der Waals surface area contributed by atoms with Crippen LogP contribution in [0.3, 0.4) is 0 Å². The third-order valence-corrected chi connectivity index (χ3v) is 3.60. The second-order valence-electron chi connectivity index (χ2n) is 5.10. The van der Waals surface area contributed by atoms with E-state index in [1.807, 2.05) is 0 Å². The summed E-state index contributed by atoms with van der Waals surface area (Å²) in [6, 6.07) is 13.0. The van der Waals surface area contributed by atoms with Crippen LogP contribution in [-0.4, -0.2) is 29.1 Å². The van der Waals surface area contributed by atoms with Crippen molar-refractivity contribution in [1.29, 1.82) is 0 Å². The van der Waals surface area contributed by atoms with Gasteiger partial charge in [-0.05, 0) is 23.8 Å². The molecule has 0 saturated heterocycles. The lowest BCUT2D eigenvalue weighted by Gasteiger charge is -2.24. The lowest BCUT2D eigenvalue weighted by molar-refractivity contribution is -0.125. The van der Waals surface area contributed by atoms with Gasteiger partial charge in [-0.15, -0.1) is 0 Å². The molecule has 0 aromatic heterocycles. The van der Waals surface area contributed by atoms with Gasteiger partial charge in [-0.2, -0.15) is 0 Å². The lowest BCUT2D eigenvalue weighted by Crippen LogP contribution is -2.38. The summed E-state index contributed by atoms with van der Waals surface area (Å²) in [5, 5.41) is 11.6. The highest BCUT2D eigenvalue weighted by Gasteiger charge is 2.31. The number of hydrogen-bond acceptors (Lipinski definition) is 4. The number of carboxylic acids is 1. The Bertz CT molecular complexity index is 799. The molecule has 23 heavy (non-hydrogen) atoms. The van der Waals surface area contributed by atoms with Crippen LogP contribution in [0.25, 0.3) is 0 Å². The molecule has 2 aromatic rings. The van der Waals surface area contributed by atoms with E-state index in [9.17, 15) is 14.4 Å². The number of rotatable bonds is 3. The number of nitrogens with one attached hydrogen (secondary N) is 1. The average Bonchev–Trinajstić information content (AvgIpc) is 2.55. The quantitative estimate of drug-likeness (QED) is 0.847. The summed E-state index contributed by atoms with van der Waals surface area (Å²) < 4.78 is 5.15. The zero-order valence-corrected chi connectivity index (χ0v) is 12.0. The van der Waals surface area contributed by atoms with E-state index in [0.29, 0.717) is 5.56 Å². The average molecular weight is 311 g/mol. The number of carbonyl (C=O) groups excluding carboxylic acids is 2. The van der Waals surface area contributed by atoms with Crippen LogP contribution in [0.4, 0.5) is 5.69 Å². The van der Waals surface area contributed by atoms with Crippen LogP contribution >= 0.6 is 0 Å². The van der Waals surface area contributed by atoms with Crippen molar-refractivity contribution in [3.05, 3.63) is 65.2 Å². The monoisotopic (exact) mass is 311 g/mol. The molecule has 2 aromatic carbocycles. The predicted molar refractivity (Wildman–Crippen MR) is 81.4 cm³/mol. The van der Waals surface area contributed by atoms with Gasteiger partial charge in [0.25, 0.3) is 5.91 Å². The Labute approximate surface area is 131 Å². The third-order valence-electron chi connectivity index (χ3n) is 3.60. The number of amides is 1. The summed E-state index contributed by atoms with van der Waals surface area (Å²) in [4.78, 5) is 35.4. The highest BCUT2D eigenvalue weighted by Crippen LogP contribution is 2.22. The van der Waals surface area contributed by atoms with Gasteiger partial charge in [0.15, 0.2) is 6.10 Å². The Morgan fingerprint density at radius 3 is 2.57 bits per heavy atom. The molecular weight excluding hydrogens is 298 g/mol. The molecule has 1 amide bonds. The first-order chi connectivity index (χ1) is 11.1. The molecule has 0 fully saturated rings. The molecular formula is C17H13NO5. The van der Waals surface area contributed by atoms with E-state index in [4.69, 9.17) is 9.84 Å². The molecule has 1 atom stereocenters. The molecule has 0 saturated carbocycles. The van der Waals surface area contributed by atoms with Crippen LogP contribution in [0.15, 0.2) is 48.5 Å². The molecule has 6 nitrogen and oxygen atoms in total. The van der Waals surface area contributed by atoms with Crippen LogP contribution in [0.5, 0.6) is 0 Å². The fourth-order valence-electron chi connectivity index (χ4n) is 2.47. The van der Waals surface area contributed by atoms with Crippen molar-refractivity contribution in [1.82, 2.24) is 0 Å². The zero-order chi connectivity index (χ0) is 16.4. The molecule has 2 N–H and O–H groups in total. The Morgan fingerprint density at radius 2 is 1.78 bits per heavy atom. The van der Waals surface area contributed by atoms with Gasteiger partial charge in [-0.3, -0.25) is 4.79 Å². The maximum absolute atomic E-state index is 12.3. The highest BCUT2D eigenvalue weighted by molar-refractivity contribution is 6.03. The molecule has 6 heteroatoms. The molecule has 0 radical (unpaired) electrons. The van der Waals surface area contributed by atoms with Crippen molar-refractivity contribution in [2.45, 2.75) is 12.5 Å². The van der Waals surface area contributed by atoms with E-state index in [0.717, 1.165) is 5.56 Å². The number of fused-ring (bicyclic) bond motifs is 1. The van der Waals surface area contributed by atoms with Crippen molar-refractivity contribution in [3.8, 4) is 0 Å². The number of hydrogen-bond donors (Lipinski definition) is 2. The van der Waals surface area contributed by atoms with E-state index in [1.165, 1.54) is 12.1 Å². The Hall–Kier alpha value is -3.15. The fraction of sp³-hybridized carbons (Fsp3) is 0.118. The van der Waals surface area contributed by atoms with Crippen LogP contribution in [-0.2, 0) is 16.0 Å². The van der Waals surface area contributed by atoms with Gasteiger partial charge in [0.05, 0.1) is 16.8 Å². The van der Waals surface area contributed by atoms with Crippen molar-refractivity contribution < 1.29 is 24.2 Å². The summed E-state index contributed by atoms with van der Waals surface area (Å²) >= 11 is 0. The third kappa shape index (κ3) is 2.91. The second kappa shape index (κ2) is 5.92. The summed E-state index contributed by atoms with van der Waals surface area (Å²) in [5.74, 6) is -2.26. The first-order valence-corrected chi connectivity index (χ1v) is 6.98. The number of benzene rings is 2. The number of para-hydroxylation sites is 1. The minimum Gasteiger partial charge on any atom is -0.478 e. The molecule has 116 valence electrons. The smallest absolute Gasteiger partial charge is 0.339 e. The van der Waals surface area contributed by atoms with E-state index in [-0.39, 0.29) is 17.7 Å². The SMILES string of the molecule is O=C1O[C@H](C(=O)Nc2ccccc2C(=O)O)Cc2ccccc21. The van der Waals surface area contributed by atoms with Crippen LogP contribution in [0.2, 0.25) is 0 Å². The summed E-state index contributed by atoms with van der Waals surface area (Å²) in [5.41, 5.74) is 1.32. The summed E-state index contributed by atoms with van der Waals surface area (Å²) in [6.45, 7) is 0. The fourth-order valence-corrected chi connectivity index (χ4v) is 2.47. The van der Waals surface area contributed by atoms with Gasteiger partial charge in [-0.1, -0.05) is 30.3 Å². The number of esters is 1. The number of carbonyl (C=O) groups is 3. The maximum atomic E-state index is 12.3. The number of ether oxygens (including phenoxy) is 1. The maximum Gasteiger partial charge on any atom is 0.339 e. The van der Waals surface area contributed by atoms with Gasteiger partial charge in [0.1, 0.15) is 0 Å². The lowest BCUT2D eigenvalue weighted by atomic mass is 9.98. The van der Waals surface area contributed by atoms with Gasteiger partial charge in [-0.25, -0.2) is 9.59 Å². The van der Waals surface area contributed by atoms with E-state index in [2.05, 4.69) is 5.32 Å². The minimum absolute atomic E-state index is 0.0246. The number of cyclic esters (lactones) is 1. The van der Waals surface area contributed by atoms with Crippen molar-refractivity contribution in [3.63, 3.8) is 0 Å².